The van der Waals surface area contributed by atoms with Gasteiger partial charge in [-0.3, -0.25) is 0 Å². The van der Waals surface area contributed by atoms with Crippen molar-refractivity contribution in [1.29, 1.82) is 0 Å². The van der Waals surface area contributed by atoms with Crippen molar-refractivity contribution < 1.29 is 17.6 Å². The van der Waals surface area contributed by atoms with Crippen LogP contribution in [0.3, 0.4) is 0 Å². The van der Waals surface area contributed by atoms with Gasteiger partial charge in [-0.25, -0.2) is 17.6 Å². The molecule has 0 nitrogen and oxygen atoms in total. The molecule has 1 saturated carbocycles. The third-order valence-electron chi connectivity index (χ3n) is 7.67. The Hall–Kier alpha value is -2.88. The zero-order chi connectivity index (χ0) is 26.4. The predicted molar refractivity (Wildman–Crippen MR) is 144 cm³/mol. The number of allylic oxidation sites excluding steroid dienone is 1. The van der Waals surface area contributed by atoms with E-state index < -0.39 is 23.3 Å². The Morgan fingerprint density at radius 2 is 1.43 bits per heavy atom. The maximum absolute atomic E-state index is 14.9. The number of halogens is 4. The number of rotatable bonds is 9. The normalized spacial score (nSPS) is 18.0. The molecule has 0 saturated heterocycles. The highest BCUT2D eigenvalue weighted by atomic mass is 19.2. The molecule has 0 atom stereocenters. The summed E-state index contributed by atoms with van der Waals surface area (Å²) in [6.45, 7) is 4.14. The lowest BCUT2D eigenvalue weighted by atomic mass is 9.78. The average molecular weight is 509 g/mol. The molecule has 0 radical (unpaired) electrons. The highest BCUT2D eigenvalue weighted by Gasteiger charge is 2.25. The Bertz CT molecular complexity index is 1220. The summed E-state index contributed by atoms with van der Waals surface area (Å²) >= 11 is 0. The number of hydrogen-bond donors (Lipinski definition) is 0. The molecule has 196 valence electrons. The maximum Gasteiger partial charge on any atom is 0.167 e. The lowest BCUT2D eigenvalue weighted by molar-refractivity contribution is 0.364. The fraction of sp³-hybridized carbons (Fsp3) is 0.394. The Labute approximate surface area is 218 Å². The molecule has 0 spiro atoms. The van der Waals surface area contributed by atoms with Crippen molar-refractivity contribution in [2.45, 2.75) is 77.6 Å². The molecule has 0 N–H and O–H groups in total. The topological polar surface area (TPSA) is 0 Å². The lowest BCUT2D eigenvalue weighted by Gasteiger charge is -2.27. The molecule has 0 bridgehead atoms. The van der Waals surface area contributed by atoms with E-state index in [4.69, 9.17) is 0 Å². The minimum absolute atomic E-state index is 0.0171. The van der Waals surface area contributed by atoms with E-state index >= 15 is 0 Å². The van der Waals surface area contributed by atoms with Gasteiger partial charge < -0.3 is 0 Å². The molecule has 0 amide bonds. The average Bonchev–Trinajstić information content (AvgIpc) is 2.92. The van der Waals surface area contributed by atoms with Crippen LogP contribution in [0, 0.1) is 29.2 Å². The summed E-state index contributed by atoms with van der Waals surface area (Å²) in [5.41, 5.74) is 3.24. The van der Waals surface area contributed by atoms with Gasteiger partial charge in [0, 0.05) is 11.1 Å². The van der Waals surface area contributed by atoms with Crippen molar-refractivity contribution in [1.82, 2.24) is 0 Å². The van der Waals surface area contributed by atoms with Crippen molar-refractivity contribution >= 4 is 6.08 Å². The molecule has 0 aromatic heterocycles. The van der Waals surface area contributed by atoms with Crippen molar-refractivity contribution in [3.8, 4) is 11.1 Å². The number of benzene rings is 3. The molecular formula is C33H36F4. The van der Waals surface area contributed by atoms with Gasteiger partial charge in [0.05, 0.1) is 0 Å². The lowest BCUT2D eigenvalue weighted by Crippen LogP contribution is -2.14. The van der Waals surface area contributed by atoms with E-state index in [0.29, 0.717) is 23.1 Å². The Balaban J connectivity index is 1.39. The van der Waals surface area contributed by atoms with Crippen LogP contribution in [0.25, 0.3) is 17.2 Å². The van der Waals surface area contributed by atoms with Gasteiger partial charge in [-0.15, -0.1) is 0 Å². The monoisotopic (exact) mass is 508 g/mol. The first kappa shape index (κ1) is 27.2. The third kappa shape index (κ3) is 6.34. The fourth-order valence-corrected chi connectivity index (χ4v) is 5.40. The van der Waals surface area contributed by atoms with E-state index in [1.54, 1.807) is 30.3 Å². The summed E-state index contributed by atoms with van der Waals surface area (Å²) in [6, 6.07) is 14.3. The molecule has 1 aliphatic rings. The van der Waals surface area contributed by atoms with Gasteiger partial charge in [-0.2, -0.15) is 0 Å². The van der Waals surface area contributed by atoms with Crippen LogP contribution in [0.2, 0.25) is 0 Å². The summed E-state index contributed by atoms with van der Waals surface area (Å²) in [5, 5.41) is 0. The summed E-state index contributed by atoms with van der Waals surface area (Å²) < 4.78 is 59.1. The molecule has 37 heavy (non-hydrogen) atoms. The Kier molecular flexibility index (Phi) is 9.23. The molecular weight excluding hydrogens is 472 g/mol. The Morgan fingerprint density at radius 3 is 2.11 bits per heavy atom. The third-order valence-corrected chi connectivity index (χ3v) is 7.67. The molecule has 1 aliphatic carbocycles. The quantitative estimate of drug-likeness (QED) is 0.252. The minimum Gasteiger partial charge on any atom is -0.203 e. The van der Waals surface area contributed by atoms with E-state index in [1.165, 1.54) is 5.56 Å². The van der Waals surface area contributed by atoms with Crippen LogP contribution in [-0.2, 0) is 12.8 Å². The molecule has 3 aromatic carbocycles. The zero-order valence-electron chi connectivity index (χ0n) is 21.8. The van der Waals surface area contributed by atoms with Gasteiger partial charge in [0.25, 0.3) is 0 Å². The predicted octanol–water partition coefficient (Wildman–Crippen LogP) is 10.2. The van der Waals surface area contributed by atoms with Crippen LogP contribution in [0.4, 0.5) is 17.6 Å². The van der Waals surface area contributed by atoms with Gasteiger partial charge in [-0.05, 0) is 79.0 Å². The van der Waals surface area contributed by atoms with Gasteiger partial charge in [0.2, 0.25) is 0 Å². The first-order valence-electron chi connectivity index (χ1n) is 13.6. The fourth-order valence-electron chi connectivity index (χ4n) is 5.40. The largest absolute Gasteiger partial charge is 0.203 e. The summed E-state index contributed by atoms with van der Waals surface area (Å²) in [4.78, 5) is 0. The van der Waals surface area contributed by atoms with Crippen LogP contribution in [0.5, 0.6) is 0 Å². The first-order valence-corrected chi connectivity index (χ1v) is 13.6. The zero-order valence-corrected chi connectivity index (χ0v) is 21.8. The van der Waals surface area contributed by atoms with Crippen LogP contribution in [0.15, 0.2) is 54.6 Å². The summed E-state index contributed by atoms with van der Waals surface area (Å²) in [6.07, 6.45) is 11.0. The molecule has 4 rings (SSSR count). The second-order valence-corrected chi connectivity index (χ2v) is 10.3. The van der Waals surface area contributed by atoms with Crippen molar-refractivity contribution in [2.75, 3.05) is 0 Å². The number of aryl methyl sites for hydroxylation is 2. The Morgan fingerprint density at radius 1 is 0.703 bits per heavy atom. The van der Waals surface area contributed by atoms with Gasteiger partial charge in [0.1, 0.15) is 0 Å². The van der Waals surface area contributed by atoms with Crippen molar-refractivity contribution in [3.63, 3.8) is 0 Å². The second-order valence-electron chi connectivity index (χ2n) is 10.3. The van der Waals surface area contributed by atoms with Gasteiger partial charge in [0.15, 0.2) is 23.3 Å². The van der Waals surface area contributed by atoms with E-state index in [1.807, 2.05) is 37.3 Å². The molecule has 0 aliphatic heterocycles. The second kappa shape index (κ2) is 12.6. The van der Waals surface area contributed by atoms with Gasteiger partial charge >= 0.3 is 0 Å². The number of hydrogen-bond acceptors (Lipinski definition) is 0. The maximum atomic E-state index is 14.9. The molecule has 0 heterocycles. The smallest absolute Gasteiger partial charge is 0.167 e. The van der Waals surface area contributed by atoms with E-state index in [-0.39, 0.29) is 23.0 Å². The summed E-state index contributed by atoms with van der Waals surface area (Å²) in [5.74, 6) is -2.91. The SMILES string of the molecule is CCCCc1ccc(C2CCC(/C=C/c3ccc(-c4ccc(CCC)cc4)c(F)c3F)CC2)c(F)c1F. The molecule has 4 heteroatoms. The van der Waals surface area contributed by atoms with E-state index in [9.17, 15) is 17.6 Å². The minimum atomic E-state index is -0.847. The highest BCUT2D eigenvalue weighted by Crippen LogP contribution is 2.38. The number of unbranched alkanes of at least 4 members (excludes halogenated alkanes) is 1. The molecule has 0 unspecified atom stereocenters. The van der Waals surface area contributed by atoms with Gasteiger partial charge in [-0.1, -0.05) is 87.4 Å². The van der Waals surface area contributed by atoms with Crippen LogP contribution in [0.1, 0.15) is 87.0 Å². The van der Waals surface area contributed by atoms with Crippen LogP contribution in [-0.4, -0.2) is 0 Å². The van der Waals surface area contributed by atoms with Crippen LogP contribution >= 0.6 is 0 Å². The summed E-state index contributed by atoms with van der Waals surface area (Å²) in [7, 11) is 0. The standard InChI is InChI=1S/C33H36F4/c1-3-5-7-26-18-20-28(32(36)30(26)34)25-15-10-23(11-16-25)12-17-27-19-21-29(33(37)31(27)35)24-13-8-22(6-4-2)9-14-24/h8-9,12-14,17-21,23,25H,3-7,10-11,15-16H2,1-2H3/b17-12+. The first-order chi connectivity index (χ1) is 17.9. The molecule has 3 aromatic rings. The van der Waals surface area contributed by atoms with Crippen LogP contribution < -0.4 is 0 Å². The van der Waals surface area contributed by atoms with Crippen molar-refractivity contribution in [2.24, 2.45) is 5.92 Å². The van der Waals surface area contributed by atoms with E-state index in [0.717, 1.165) is 51.4 Å². The van der Waals surface area contributed by atoms with E-state index in [2.05, 4.69) is 6.92 Å². The van der Waals surface area contributed by atoms with Crippen molar-refractivity contribution in [3.05, 3.63) is 100 Å². The molecule has 1 fully saturated rings. The highest BCUT2D eigenvalue weighted by molar-refractivity contribution is 5.67.